The van der Waals surface area contributed by atoms with E-state index in [9.17, 15) is 9.59 Å². The zero-order valence-corrected chi connectivity index (χ0v) is 15.9. The molecule has 2 aromatic rings. The minimum atomic E-state index is -0.116. The maximum Gasteiger partial charge on any atom is 0.255 e. The Labute approximate surface area is 163 Å². The third-order valence-electron chi connectivity index (χ3n) is 5.49. The molecule has 0 aromatic carbocycles. The Balaban J connectivity index is 1.39. The lowest BCUT2D eigenvalue weighted by Crippen LogP contribution is -2.41. The van der Waals surface area contributed by atoms with Gasteiger partial charge in [0.2, 0.25) is 5.91 Å². The first kappa shape index (κ1) is 18.5. The van der Waals surface area contributed by atoms with Crippen molar-refractivity contribution in [3.8, 4) is 0 Å². The minimum Gasteiger partial charge on any atom is -0.366 e. The zero-order valence-electron chi connectivity index (χ0n) is 15.9. The number of fused-ring (bicyclic) bond motifs is 1. The van der Waals surface area contributed by atoms with E-state index >= 15 is 0 Å². The van der Waals surface area contributed by atoms with E-state index in [0.29, 0.717) is 42.2 Å². The minimum absolute atomic E-state index is 0.0238. The van der Waals surface area contributed by atoms with Gasteiger partial charge in [-0.05, 0) is 31.3 Å². The molecule has 0 radical (unpaired) electrons. The average molecular weight is 382 g/mol. The van der Waals surface area contributed by atoms with Crippen LogP contribution in [0.2, 0.25) is 0 Å². The van der Waals surface area contributed by atoms with Gasteiger partial charge in [0.15, 0.2) is 5.65 Å². The van der Waals surface area contributed by atoms with Gasteiger partial charge in [0.1, 0.15) is 11.3 Å². The first-order valence-corrected chi connectivity index (χ1v) is 9.94. The molecule has 8 heteroatoms. The molecule has 0 bridgehead atoms. The van der Waals surface area contributed by atoms with Crippen molar-refractivity contribution in [3.63, 3.8) is 0 Å². The van der Waals surface area contributed by atoms with Gasteiger partial charge in [-0.3, -0.25) is 9.59 Å². The molecule has 2 fully saturated rings. The third kappa shape index (κ3) is 4.16. The van der Waals surface area contributed by atoms with E-state index in [1.807, 2.05) is 0 Å². The van der Waals surface area contributed by atoms with Crippen molar-refractivity contribution in [3.05, 3.63) is 30.6 Å². The molecule has 1 aliphatic heterocycles. The molecule has 8 nitrogen and oxygen atoms in total. The number of H-pyrrole nitrogens is 1. The number of aromatic amines is 1. The van der Waals surface area contributed by atoms with Gasteiger partial charge in [0.25, 0.3) is 5.91 Å². The SMILES string of the molecule is C=CC(=O)N1CCC(Nc2cnc3[nH]cc(C(=O)NCCC4CC4)c3n2)CC1. The average Bonchev–Trinajstić information content (AvgIpc) is 3.44. The molecule has 2 aliphatic rings. The van der Waals surface area contributed by atoms with Crippen LogP contribution in [0.4, 0.5) is 5.82 Å². The van der Waals surface area contributed by atoms with Crippen LogP contribution in [0, 0.1) is 5.92 Å². The van der Waals surface area contributed by atoms with Crippen molar-refractivity contribution < 1.29 is 9.59 Å². The normalized spacial score (nSPS) is 17.5. The number of piperidine rings is 1. The van der Waals surface area contributed by atoms with Crippen LogP contribution in [0.25, 0.3) is 11.2 Å². The van der Waals surface area contributed by atoms with Gasteiger partial charge >= 0.3 is 0 Å². The molecule has 4 rings (SSSR count). The number of likely N-dealkylation sites (tertiary alicyclic amines) is 1. The summed E-state index contributed by atoms with van der Waals surface area (Å²) in [5, 5.41) is 6.37. The first-order chi connectivity index (χ1) is 13.6. The van der Waals surface area contributed by atoms with E-state index in [4.69, 9.17) is 0 Å². The number of rotatable bonds is 7. The topological polar surface area (TPSA) is 103 Å². The summed E-state index contributed by atoms with van der Waals surface area (Å²) in [7, 11) is 0. The highest BCUT2D eigenvalue weighted by molar-refractivity contribution is 6.04. The number of hydrogen-bond acceptors (Lipinski definition) is 5. The van der Waals surface area contributed by atoms with Crippen molar-refractivity contribution in [2.24, 2.45) is 5.92 Å². The summed E-state index contributed by atoms with van der Waals surface area (Å²) in [6, 6.07) is 0.218. The highest BCUT2D eigenvalue weighted by Crippen LogP contribution is 2.31. The highest BCUT2D eigenvalue weighted by Gasteiger charge is 2.23. The lowest BCUT2D eigenvalue weighted by molar-refractivity contribution is -0.126. The molecule has 1 aliphatic carbocycles. The second-order valence-electron chi connectivity index (χ2n) is 7.59. The molecule has 1 saturated carbocycles. The second-order valence-corrected chi connectivity index (χ2v) is 7.59. The molecule has 3 heterocycles. The third-order valence-corrected chi connectivity index (χ3v) is 5.49. The van der Waals surface area contributed by atoms with Gasteiger partial charge in [-0.1, -0.05) is 19.4 Å². The van der Waals surface area contributed by atoms with Crippen LogP contribution in [-0.4, -0.2) is 57.3 Å². The van der Waals surface area contributed by atoms with Crippen LogP contribution in [0.15, 0.2) is 25.0 Å². The summed E-state index contributed by atoms with van der Waals surface area (Å²) < 4.78 is 0. The second kappa shape index (κ2) is 8.00. The summed E-state index contributed by atoms with van der Waals surface area (Å²) in [5.41, 5.74) is 1.70. The number of nitrogens with one attached hydrogen (secondary N) is 3. The number of carbonyl (C=O) groups excluding carboxylic acids is 2. The Morgan fingerprint density at radius 2 is 2.07 bits per heavy atom. The van der Waals surface area contributed by atoms with E-state index in [1.165, 1.54) is 18.9 Å². The van der Waals surface area contributed by atoms with Crippen molar-refractivity contribution in [2.75, 3.05) is 25.0 Å². The Bertz CT molecular complexity index is 880. The number of carbonyl (C=O) groups is 2. The van der Waals surface area contributed by atoms with Crippen LogP contribution >= 0.6 is 0 Å². The Morgan fingerprint density at radius 1 is 1.29 bits per heavy atom. The standard InChI is InChI=1S/C20H26N6O2/c1-2-17(27)26-9-6-14(7-10-26)24-16-12-23-19-18(25-16)15(11-22-19)20(28)21-8-5-13-3-4-13/h2,11-14H,1,3-10H2,(H,21,28)(H,22,23)(H,24,25). The van der Waals surface area contributed by atoms with Gasteiger partial charge in [-0.25, -0.2) is 9.97 Å². The number of hydrogen-bond donors (Lipinski definition) is 3. The molecule has 2 aromatic heterocycles. The fourth-order valence-electron chi connectivity index (χ4n) is 3.61. The molecule has 3 N–H and O–H groups in total. The monoisotopic (exact) mass is 382 g/mol. The predicted molar refractivity (Wildman–Crippen MR) is 107 cm³/mol. The van der Waals surface area contributed by atoms with Gasteiger partial charge in [-0.2, -0.15) is 0 Å². The van der Waals surface area contributed by atoms with Crippen LogP contribution in [0.5, 0.6) is 0 Å². The van der Waals surface area contributed by atoms with E-state index in [0.717, 1.165) is 25.2 Å². The molecule has 0 spiro atoms. The highest BCUT2D eigenvalue weighted by atomic mass is 16.2. The maximum atomic E-state index is 12.5. The molecule has 28 heavy (non-hydrogen) atoms. The summed E-state index contributed by atoms with van der Waals surface area (Å²) >= 11 is 0. The Morgan fingerprint density at radius 3 is 2.79 bits per heavy atom. The number of aromatic nitrogens is 3. The molecule has 0 atom stereocenters. The number of anilines is 1. The fourth-order valence-corrected chi connectivity index (χ4v) is 3.61. The van der Waals surface area contributed by atoms with Crippen molar-refractivity contribution in [2.45, 2.75) is 38.1 Å². The molecular formula is C20H26N6O2. The van der Waals surface area contributed by atoms with Crippen molar-refractivity contribution >= 4 is 28.8 Å². The van der Waals surface area contributed by atoms with Gasteiger partial charge < -0.3 is 20.5 Å². The van der Waals surface area contributed by atoms with Crippen LogP contribution < -0.4 is 10.6 Å². The van der Waals surface area contributed by atoms with Crippen LogP contribution in [0.1, 0.15) is 42.5 Å². The largest absolute Gasteiger partial charge is 0.366 e. The van der Waals surface area contributed by atoms with Crippen LogP contribution in [-0.2, 0) is 4.79 Å². The lowest BCUT2D eigenvalue weighted by Gasteiger charge is -2.31. The molecule has 2 amide bonds. The first-order valence-electron chi connectivity index (χ1n) is 9.94. The summed E-state index contributed by atoms with van der Waals surface area (Å²) in [4.78, 5) is 38.0. The van der Waals surface area contributed by atoms with E-state index in [-0.39, 0.29) is 17.9 Å². The summed E-state index contributed by atoms with van der Waals surface area (Å²) in [6.07, 6.45) is 9.97. The fraction of sp³-hybridized carbons (Fsp3) is 0.500. The van der Waals surface area contributed by atoms with Gasteiger partial charge in [-0.15, -0.1) is 0 Å². The summed E-state index contributed by atoms with van der Waals surface area (Å²) in [5.74, 6) is 1.29. The Hall–Kier alpha value is -2.90. The predicted octanol–water partition coefficient (Wildman–Crippen LogP) is 2.08. The van der Waals surface area contributed by atoms with Gasteiger partial charge in [0, 0.05) is 31.9 Å². The van der Waals surface area contributed by atoms with Crippen LogP contribution in [0.3, 0.4) is 0 Å². The molecule has 148 valence electrons. The number of amides is 2. The number of nitrogens with zero attached hydrogens (tertiary/aromatic N) is 3. The van der Waals surface area contributed by atoms with Crippen molar-refractivity contribution in [1.82, 2.24) is 25.2 Å². The zero-order chi connectivity index (χ0) is 19.5. The molecular weight excluding hydrogens is 356 g/mol. The Kier molecular flexibility index (Phi) is 5.27. The van der Waals surface area contributed by atoms with Crippen molar-refractivity contribution in [1.29, 1.82) is 0 Å². The quantitative estimate of drug-likeness (QED) is 0.636. The van der Waals surface area contributed by atoms with E-state index < -0.39 is 0 Å². The summed E-state index contributed by atoms with van der Waals surface area (Å²) in [6.45, 7) is 5.62. The maximum absolute atomic E-state index is 12.5. The molecule has 0 unspecified atom stereocenters. The molecule has 1 saturated heterocycles. The smallest absolute Gasteiger partial charge is 0.255 e. The van der Waals surface area contributed by atoms with E-state index in [1.54, 1.807) is 17.3 Å². The van der Waals surface area contributed by atoms with Gasteiger partial charge in [0.05, 0.1) is 11.8 Å². The lowest BCUT2D eigenvalue weighted by atomic mass is 10.1. The van der Waals surface area contributed by atoms with E-state index in [2.05, 4.69) is 32.2 Å².